The normalized spacial score (nSPS) is 13.2. The highest BCUT2D eigenvalue weighted by Gasteiger charge is 2.08. The molecule has 0 aliphatic rings. The van der Waals surface area contributed by atoms with Crippen LogP contribution in [0.1, 0.15) is 24.1 Å². The lowest BCUT2D eigenvalue weighted by Crippen LogP contribution is -2.14. The molecule has 4 nitrogen and oxygen atoms in total. The van der Waals surface area contributed by atoms with E-state index >= 15 is 0 Å². The van der Waals surface area contributed by atoms with E-state index in [1.807, 2.05) is 30.5 Å². The summed E-state index contributed by atoms with van der Waals surface area (Å²) in [6, 6.07) is 9.23. The summed E-state index contributed by atoms with van der Waals surface area (Å²) >= 11 is 7.41. The summed E-state index contributed by atoms with van der Waals surface area (Å²) in [5.74, 6) is -0.150. The van der Waals surface area contributed by atoms with Crippen molar-refractivity contribution < 1.29 is 8.42 Å². The summed E-state index contributed by atoms with van der Waals surface area (Å²) in [5, 5.41) is 10.3. The van der Waals surface area contributed by atoms with Crippen molar-refractivity contribution in [3.05, 3.63) is 51.2 Å². The number of primary sulfonamides is 1. The summed E-state index contributed by atoms with van der Waals surface area (Å²) in [5.41, 5.74) is 2.70. The van der Waals surface area contributed by atoms with Gasteiger partial charge >= 0.3 is 0 Å². The Labute approximate surface area is 127 Å². The Morgan fingerprint density at radius 3 is 2.50 bits per heavy atom. The van der Waals surface area contributed by atoms with Crippen LogP contribution in [0.4, 0.5) is 5.69 Å². The van der Waals surface area contributed by atoms with E-state index in [1.54, 1.807) is 12.1 Å². The van der Waals surface area contributed by atoms with Crippen LogP contribution in [-0.2, 0) is 15.8 Å². The number of anilines is 1. The second-order valence-corrected chi connectivity index (χ2v) is 7.71. The molecule has 0 saturated heterocycles. The van der Waals surface area contributed by atoms with Gasteiger partial charge < -0.3 is 5.32 Å². The molecule has 1 aromatic carbocycles. The lowest BCUT2D eigenvalue weighted by molar-refractivity contribution is 0.597. The van der Waals surface area contributed by atoms with Crippen molar-refractivity contribution in [2.24, 2.45) is 5.14 Å². The maximum atomic E-state index is 11.0. The molecule has 0 radical (unpaired) electrons. The van der Waals surface area contributed by atoms with Gasteiger partial charge in [0.05, 0.1) is 10.1 Å². The maximum absolute atomic E-state index is 11.0. The predicted molar refractivity (Wildman–Crippen MR) is 84.6 cm³/mol. The molecule has 7 heteroatoms. The van der Waals surface area contributed by atoms with Gasteiger partial charge in [0.15, 0.2) is 0 Å². The number of hydrogen-bond acceptors (Lipinski definition) is 4. The number of nitrogens with two attached hydrogens (primary N) is 1. The zero-order valence-corrected chi connectivity index (χ0v) is 13.2. The molecule has 1 atom stereocenters. The number of thiophene rings is 1. The van der Waals surface area contributed by atoms with E-state index in [0.717, 1.165) is 15.6 Å². The Hall–Kier alpha value is -1.08. The first-order valence-electron chi connectivity index (χ1n) is 5.93. The van der Waals surface area contributed by atoms with E-state index in [4.69, 9.17) is 16.7 Å². The summed E-state index contributed by atoms with van der Waals surface area (Å²) in [6.45, 7) is 2.04. The number of benzene rings is 1. The van der Waals surface area contributed by atoms with Crippen molar-refractivity contribution in [2.75, 3.05) is 5.32 Å². The highest BCUT2D eigenvalue weighted by atomic mass is 35.5. The van der Waals surface area contributed by atoms with E-state index in [9.17, 15) is 8.42 Å². The Morgan fingerprint density at radius 1 is 1.35 bits per heavy atom. The van der Waals surface area contributed by atoms with Crippen LogP contribution in [0.25, 0.3) is 0 Å². The average molecular weight is 331 g/mol. The molecule has 2 rings (SSSR count). The monoisotopic (exact) mass is 330 g/mol. The number of sulfonamides is 1. The van der Waals surface area contributed by atoms with Gasteiger partial charge in [-0.25, -0.2) is 13.6 Å². The molecule has 3 N–H and O–H groups in total. The molecule has 1 heterocycles. The van der Waals surface area contributed by atoms with E-state index < -0.39 is 10.0 Å². The molecule has 2 aromatic rings. The van der Waals surface area contributed by atoms with Crippen LogP contribution < -0.4 is 10.5 Å². The third-order valence-electron chi connectivity index (χ3n) is 2.79. The van der Waals surface area contributed by atoms with E-state index in [-0.39, 0.29) is 11.8 Å². The summed E-state index contributed by atoms with van der Waals surface area (Å²) in [6.07, 6.45) is 0. The van der Waals surface area contributed by atoms with Gasteiger partial charge in [-0.1, -0.05) is 23.7 Å². The van der Waals surface area contributed by atoms with Crippen LogP contribution in [0.5, 0.6) is 0 Å². The van der Waals surface area contributed by atoms with Crippen LogP contribution in [0.3, 0.4) is 0 Å². The van der Waals surface area contributed by atoms with Crippen LogP contribution in [0.15, 0.2) is 35.7 Å². The fraction of sp³-hybridized carbons (Fsp3) is 0.231. The highest BCUT2D eigenvalue weighted by molar-refractivity contribution is 7.88. The summed E-state index contributed by atoms with van der Waals surface area (Å²) < 4.78 is 22.8. The second kappa shape index (κ2) is 6.13. The average Bonchev–Trinajstić information content (AvgIpc) is 2.77. The molecular formula is C13H15ClN2O2S2. The van der Waals surface area contributed by atoms with Gasteiger partial charge in [0, 0.05) is 11.7 Å². The third kappa shape index (κ3) is 4.49. The van der Waals surface area contributed by atoms with Gasteiger partial charge in [0.1, 0.15) is 0 Å². The lowest BCUT2D eigenvalue weighted by atomic mass is 10.1. The lowest BCUT2D eigenvalue weighted by Gasteiger charge is -2.14. The van der Waals surface area contributed by atoms with Gasteiger partial charge in [-0.2, -0.15) is 0 Å². The zero-order chi connectivity index (χ0) is 14.8. The molecule has 20 heavy (non-hydrogen) atoms. The fourth-order valence-corrected chi connectivity index (χ4v) is 3.45. The van der Waals surface area contributed by atoms with Crippen LogP contribution in [0.2, 0.25) is 4.34 Å². The van der Waals surface area contributed by atoms with Crippen molar-refractivity contribution in [1.82, 2.24) is 0 Å². The molecule has 1 unspecified atom stereocenters. The smallest absolute Gasteiger partial charge is 0.213 e. The Bertz CT molecular complexity index is 681. The molecular weight excluding hydrogens is 316 g/mol. The van der Waals surface area contributed by atoms with Gasteiger partial charge in [0.25, 0.3) is 0 Å². The van der Waals surface area contributed by atoms with E-state index in [1.165, 1.54) is 11.3 Å². The Morgan fingerprint density at radius 2 is 2.00 bits per heavy atom. The fourth-order valence-electron chi connectivity index (χ4n) is 1.81. The molecule has 0 aliphatic carbocycles. The van der Waals surface area contributed by atoms with Gasteiger partial charge in [-0.05, 0) is 41.6 Å². The van der Waals surface area contributed by atoms with Crippen LogP contribution >= 0.6 is 22.9 Å². The van der Waals surface area contributed by atoms with Gasteiger partial charge in [0.2, 0.25) is 10.0 Å². The molecule has 1 aromatic heterocycles. The standard InChI is InChI=1S/C13H15ClN2O2S2/c1-9(11-6-13(14)19-7-11)16-12-4-2-10(3-5-12)8-20(15,17)18/h2-7,9,16H,8H2,1H3,(H2,15,17,18). The van der Waals surface area contributed by atoms with Crippen molar-refractivity contribution >= 4 is 38.6 Å². The molecule has 0 spiro atoms. The molecule has 0 fully saturated rings. The molecule has 0 bridgehead atoms. The minimum absolute atomic E-state index is 0.128. The molecule has 108 valence electrons. The summed E-state index contributed by atoms with van der Waals surface area (Å²) in [7, 11) is -3.49. The van der Waals surface area contributed by atoms with Crippen molar-refractivity contribution in [1.29, 1.82) is 0 Å². The topological polar surface area (TPSA) is 72.2 Å². The minimum Gasteiger partial charge on any atom is -0.378 e. The maximum Gasteiger partial charge on any atom is 0.213 e. The number of rotatable bonds is 5. The Kier molecular flexibility index (Phi) is 4.70. The van der Waals surface area contributed by atoms with Crippen molar-refractivity contribution in [3.8, 4) is 0 Å². The first kappa shape index (κ1) is 15.3. The van der Waals surface area contributed by atoms with Gasteiger partial charge in [-0.3, -0.25) is 0 Å². The van der Waals surface area contributed by atoms with Crippen molar-refractivity contribution in [2.45, 2.75) is 18.7 Å². The largest absolute Gasteiger partial charge is 0.378 e. The second-order valence-electron chi connectivity index (χ2n) is 4.55. The first-order valence-corrected chi connectivity index (χ1v) is 8.91. The third-order valence-corrected chi connectivity index (χ3v) is 4.64. The minimum atomic E-state index is -3.49. The van der Waals surface area contributed by atoms with E-state index in [2.05, 4.69) is 5.32 Å². The van der Waals surface area contributed by atoms with Gasteiger partial charge in [-0.15, -0.1) is 11.3 Å². The Balaban J connectivity index is 2.03. The SMILES string of the molecule is CC(Nc1ccc(CS(N)(=O)=O)cc1)c1csc(Cl)c1. The molecule has 0 amide bonds. The number of halogens is 1. The number of nitrogens with one attached hydrogen (secondary N) is 1. The number of hydrogen-bond donors (Lipinski definition) is 2. The molecule has 0 aliphatic heterocycles. The van der Waals surface area contributed by atoms with Crippen molar-refractivity contribution in [3.63, 3.8) is 0 Å². The predicted octanol–water partition coefficient (Wildman–Crippen LogP) is 3.36. The van der Waals surface area contributed by atoms with Crippen LogP contribution in [0, 0.1) is 0 Å². The molecule has 0 saturated carbocycles. The van der Waals surface area contributed by atoms with Crippen LogP contribution in [-0.4, -0.2) is 8.42 Å². The highest BCUT2D eigenvalue weighted by Crippen LogP contribution is 2.27. The quantitative estimate of drug-likeness (QED) is 0.882. The van der Waals surface area contributed by atoms with E-state index in [0.29, 0.717) is 5.56 Å². The first-order chi connectivity index (χ1) is 9.33. The zero-order valence-electron chi connectivity index (χ0n) is 10.8. The summed E-state index contributed by atoms with van der Waals surface area (Å²) in [4.78, 5) is 0.